The third-order valence-electron chi connectivity index (χ3n) is 4.26. The summed E-state index contributed by atoms with van der Waals surface area (Å²) in [6.07, 6.45) is 0. The molecule has 0 spiro atoms. The number of nitrogens with zero attached hydrogens (tertiary/aromatic N) is 2. The zero-order valence-corrected chi connectivity index (χ0v) is 15.7. The molecule has 6 heteroatoms. The van der Waals surface area contributed by atoms with Crippen molar-refractivity contribution in [1.82, 2.24) is 9.13 Å². The van der Waals surface area contributed by atoms with E-state index in [1.54, 1.807) is 25.8 Å². The van der Waals surface area contributed by atoms with Gasteiger partial charge in [0.05, 0.1) is 26.5 Å². The Morgan fingerprint density at radius 3 is 2.31 bits per heavy atom. The molecule has 2 aromatic carbocycles. The van der Waals surface area contributed by atoms with Crippen LogP contribution in [0.3, 0.4) is 0 Å². The average molecular weight is 368 g/mol. The smallest absolute Gasteiger partial charge is 0.329 e. The molecule has 0 atom stereocenters. The van der Waals surface area contributed by atoms with Crippen LogP contribution in [0.2, 0.25) is 0 Å². The highest BCUT2D eigenvalue weighted by Crippen LogP contribution is 2.32. The normalized spacial score (nSPS) is 10.6. The molecule has 0 fully saturated rings. The summed E-state index contributed by atoms with van der Waals surface area (Å²) in [5, 5.41) is 0. The Bertz CT molecular complexity index is 1040. The lowest BCUT2D eigenvalue weighted by atomic mass is 10.1. The third kappa shape index (κ3) is 3.41. The lowest BCUT2D eigenvalue weighted by molar-refractivity contribution is 0.355. The molecule has 1 heterocycles. The Morgan fingerprint density at radius 2 is 1.65 bits per heavy atom. The highest BCUT2D eigenvalue weighted by molar-refractivity contribution is 7.71. The molecule has 3 rings (SSSR count). The maximum atomic E-state index is 12.9. The summed E-state index contributed by atoms with van der Waals surface area (Å²) in [6, 6.07) is 17.3. The van der Waals surface area contributed by atoms with Gasteiger partial charge in [0.25, 0.3) is 0 Å². The van der Waals surface area contributed by atoms with E-state index >= 15 is 0 Å². The maximum Gasteiger partial charge on any atom is 0.329 e. The summed E-state index contributed by atoms with van der Waals surface area (Å²) in [5.41, 5.74) is 2.45. The van der Waals surface area contributed by atoms with Gasteiger partial charge in [-0.3, -0.25) is 9.13 Å². The minimum Gasteiger partial charge on any atom is -0.493 e. The standard InChI is InChI=1S/C20H20N2O3S/c1-21-19(26)12-16(15-9-10-17(24-2)18(11-15)25-3)22(20(21)23)13-14-7-5-4-6-8-14/h4-12H,13H2,1-3H3. The van der Waals surface area contributed by atoms with Gasteiger partial charge in [-0.15, -0.1) is 0 Å². The zero-order valence-electron chi connectivity index (χ0n) is 14.9. The van der Waals surface area contributed by atoms with E-state index in [9.17, 15) is 4.79 Å². The number of hydrogen-bond acceptors (Lipinski definition) is 4. The second kappa shape index (κ2) is 7.58. The topological polar surface area (TPSA) is 45.4 Å². The monoisotopic (exact) mass is 368 g/mol. The van der Waals surface area contributed by atoms with E-state index in [1.807, 2.05) is 54.6 Å². The predicted molar refractivity (Wildman–Crippen MR) is 105 cm³/mol. The lowest BCUT2D eigenvalue weighted by Gasteiger charge is -2.16. The van der Waals surface area contributed by atoms with Crippen LogP contribution in [0.15, 0.2) is 59.4 Å². The van der Waals surface area contributed by atoms with Crippen LogP contribution in [0.1, 0.15) is 5.56 Å². The van der Waals surface area contributed by atoms with Crippen LogP contribution in [0.25, 0.3) is 11.3 Å². The predicted octanol–water partition coefficient (Wildman–Crippen LogP) is 3.65. The molecule has 0 aliphatic rings. The molecule has 3 aromatic rings. The summed E-state index contributed by atoms with van der Waals surface area (Å²) in [4.78, 5) is 12.9. The Morgan fingerprint density at radius 1 is 0.962 bits per heavy atom. The molecule has 0 saturated carbocycles. The van der Waals surface area contributed by atoms with Gasteiger partial charge in [-0.2, -0.15) is 0 Å². The molecule has 1 aromatic heterocycles. The fourth-order valence-corrected chi connectivity index (χ4v) is 3.01. The summed E-state index contributed by atoms with van der Waals surface area (Å²) in [7, 11) is 4.86. The van der Waals surface area contributed by atoms with Gasteiger partial charge in [0.1, 0.15) is 4.64 Å². The first-order valence-corrected chi connectivity index (χ1v) is 8.53. The van der Waals surface area contributed by atoms with Crippen molar-refractivity contribution in [1.29, 1.82) is 0 Å². The lowest BCUT2D eigenvalue weighted by Crippen LogP contribution is -2.31. The minimum absolute atomic E-state index is 0.161. The number of aromatic nitrogens is 2. The van der Waals surface area contributed by atoms with Crippen LogP contribution in [-0.4, -0.2) is 23.4 Å². The first kappa shape index (κ1) is 17.9. The average Bonchev–Trinajstić information content (AvgIpc) is 2.68. The summed E-state index contributed by atoms with van der Waals surface area (Å²) in [6.45, 7) is 0.451. The van der Waals surface area contributed by atoms with Crippen molar-refractivity contribution in [2.24, 2.45) is 7.05 Å². The molecule has 0 saturated heterocycles. The SMILES string of the molecule is COc1ccc(-c2cc(=S)n(C)c(=O)n2Cc2ccccc2)cc1OC. The highest BCUT2D eigenvalue weighted by atomic mass is 32.1. The van der Waals surface area contributed by atoms with Crippen molar-refractivity contribution in [3.8, 4) is 22.8 Å². The number of benzene rings is 2. The number of methoxy groups -OCH3 is 2. The van der Waals surface area contributed by atoms with Crippen molar-refractivity contribution < 1.29 is 9.47 Å². The van der Waals surface area contributed by atoms with E-state index in [1.165, 1.54) is 4.57 Å². The molecule has 0 bridgehead atoms. The minimum atomic E-state index is -0.161. The number of ether oxygens (including phenoxy) is 2. The van der Waals surface area contributed by atoms with Crippen LogP contribution < -0.4 is 15.2 Å². The first-order valence-electron chi connectivity index (χ1n) is 8.12. The Hall–Kier alpha value is -2.86. The van der Waals surface area contributed by atoms with Crippen molar-refractivity contribution in [2.45, 2.75) is 6.54 Å². The van der Waals surface area contributed by atoms with E-state index in [0.717, 1.165) is 16.8 Å². The first-order chi connectivity index (χ1) is 12.5. The number of hydrogen-bond donors (Lipinski definition) is 0. The van der Waals surface area contributed by atoms with Crippen LogP contribution in [0, 0.1) is 4.64 Å². The van der Waals surface area contributed by atoms with Gasteiger partial charge < -0.3 is 9.47 Å². The highest BCUT2D eigenvalue weighted by Gasteiger charge is 2.13. The van der Waals surface area contributed by atoms with Crippen LogP contribution >= 0.6 is 12.2 Å². The molecule has 5 nitrogen and oxygen atoms in total. The van der Waals surface area contributed by atoms with Crippen molar-refractivity contribution in [3.63, 3.8) is 0 Å². The fraction of sp³-hybridized carbons (Fsp3) is 0.200. The van der Waals surface area contributed by atoms with Gasteiger partial charge in [0.15, 0.2) is 11.5 Å². The van der Waals surface area contributed by atoms with Gasteiger partial charge in [-0.25, -0.2) is 4.79 Å². The summed E-state index contributed by atoms with van der Waals surface area (Å²) in [5.74, 6) is 1.23. The fourth-order valence-electron chi connectivity index (χ4n) is 2.82. The van der Waals surface area contributed by atoms with E-state index in [0.29, 0.717) is 22.7 Å². The molecule has 0 aliphatic heterocycles. The van der Waals surface area contributed by atoms with E-state index in [-0.39, 0.29) is 5.69 Å². The molecule has 134 valence electrons. The van der Waals surface area contributed by atoms with E-state index in [2.05, 4.69) is 0 Å². The van der Waals surface area contributed by atoms with E-state index in [4.69, 9.17) is 21.7 Å². The van der Waals surface area contributed by atoms with Crippen molar-refractivity contribution in [2.75, 3.05) is 14.2 Å². The summed E-state index contributed by atoms with van der Waals surface area (Å²) < 4.78 is 14.4. The van der Waals surface area contributed by atoms with Crippen LogP contribution in [0.5, 0.6) is 11.5 Å². The molecular formula is C20H20N2O3S. The van der Waals surface area contributed by atoms with E-state index < -0.39 is 0 Å². The second-order valence-electron chi connectivity index (χ2n) is 5.85. The van der Waals surface area contributed by atoms with Gasteiger partial charge in [0, 0.05) is 12.6 Å². The van der Waals surface area contributed by atoms with Crippen LogP contribution in [0.4, 0.5) is 0 Å². The van der Waals surface area contributed by atoms with Gasteiger partial charge in [-0.1, -0.05) is 42.5 Å². The molecule has 0 radical (unpaired) electrons. The van der Waals surface area contributed by atoms with Crippen molar-refractivity contribution in [3.05, 3.63) is 75.3 Å². The summed E-state index contributed by atoms with van der Waals surface area (Å²) >= 11 is 5.36. The largest absolute Gasteiger partial charge is 0.493 e. The molecule has 0 aliphatic carbocycles. The molecule has 26 heavy (non-hydrogen) atoms. The van der Waals surface area contributed by atoms with Crippen LogP contribution in [-0.2, 0) is 13.6 Å². The number of rotatable bonds is 5. The maximum absolute atomic E-state index is 12.9. The second-order valence-corrected chi connectivity index (χ2v) is 6.27. The third-order valence-corrected chi connectivity index (χ3v) is 4.65. The van der Waals surface area contributed by atoms with Gasteiger partial charge in [-0.05, 0) is 29.8 Å². The van der Waals surface area contributed by atoms with Crippen molar-refractivity contribution >= 4 is 12.2 Å². The molecule has 0 amide bonds. The molecule has 0 unspecified atom stereocenters. The molecular weight excluding hydrogens is 348 g/mol. The quantitative estimate of drug-likeness (QED) is 0.645. The molecule has 0 N–H and O–H groups in total. The van der Waals surface area contributed by atoms with Gasteiger partial charge in [0.2, 0.25) is 0 Å². The van der Waals surface area contributed by atoms with Gasteiger partial charge >= 0.3 is 5.69 Å². The zero-order chi connectivity index (χ0) is 18.7. The Labute approximate surface area is 157 Å². The Balaban J connectivity index is 2.21. The Kier molecular flexibility index (Phi) is 5.23.